The fourth-order valence-electron chi connectivity index (χ4n) is 2.79. The second-order valence-corrected chi connectivity index (χ2v) is 7.79. The molecule has 0 aliphatic rings. The first-order valence-corrected chi connectivity index (χ1v) is 10.2. The molecule has 0 aromatic heterocycles. The smallest absolute Gasteiger partial charge is 0.258 e. The molecule has 5 nitrogen and oxygen atoms in total. The van der Waals surface area contributed by atoms with E-state index in [1.807, 2.05) is 0 Å². The van der Waals surface area contributed by atoms with E-state index in [9.17, 15) is 26.4 Å². The van der Waals surface area contributed by atoms with E-state index < -0.39 is 38.3 Å². The van der Waals surface area contributed by atoms with Crippen molar-refractivity contribution in [2.75, 3.05) is 24.5 Å². The van der Waals surface area contributed by atoms with E-state index in [0.717, 1.165) is 39.5 Å². The van der Waals surface area contributed by atoms with Gasteiger partial charge in [-0.2, -0.15) is 4.31 Å². The molecule has 28 heavy (non-hydrogen) atoms. The monoisotopic (exact) mass is 414 g/mol. The predicted octanol–water partition coefficient (Wildman–Crippen LogP) is 3.80. The van der Waals surface area contributed by atoms with Gasteiger partial charge in [0.05, 0.1) is 0 Å². The summed E-state index contributed by atoms with van der Waals surface area (Å²) < 4.78 is 67.3. The minimum atomic E-state index is -4.12. The van der Waals surface area contributed by atoms with Crippen LogP contribution in [-0.2, 0) is 10.0 Å². The summed E-state index contributed by atoms with van der Waals surface area (Å²) in [6, 6.07) is 6.02. The summed E-state index contributed by atoms with van der Waals surface area (Å²) in [7, 11) is -4.12. The summed E-state index contributed by atoms with van der Waals surface area (Å²) in [6.07, 6.45) is 0. The summed E-state index contributed by atoms with van der Waals surface area (Å²) in [5, 5.41) is 0. The van der Waals surface area contributed by atoms with Gasteiger partial charge in [0, 0.05) is 37.0 Å². The molecular formula is C19H21F3N2O3S. The van der Waals surface area contributed by atoms with Gasteiger partial charge in [-0.25, -0.2) is 21.6 Å². The van der Waals surface area contributed by atoms with E-state index in [0.29, 0.717) is 0 Å². The minimum Gasteiger partial charge on any atom is -0.309 e. The number of nitrogens with zero attached hydrogens (tertiary/aromatic N) is 2. The number of carbonyl (C=O) groups is 1. The molecule has 0 unspecified atom stereocenters. The van der Waals surface area contributed by atoms with Gasteiger partial charge in [-0.3, -0.25) is 4.79 Å². The maximum absolute atomic E-state index is 14.2. The molecule has 1 amide bonds. The highest BCUT2D eigenvalue weighted by Crippen LogP contribution is 2.24. The Labute approximate surface area is 162 Å². The Bertz CT molecular complexity index is 976. The highest BCUT2D eigenvalue weighted by molar-refractivity contribution is 7.89. The SMILES string of the molecule is CCN(C(=O)c1ccc(F)c(S(=O)(=O)N(CC)CC)c1)c1ccc(F)c(F)c1. The van der Waals surface area contributed by atoms with Crippen molar-refractivity contribution in [3.8, 4) is 0 Å². The molecule has 0 saturated heterocycles. The van der Waals surface area contributed by atoms with Crippen LogP contribution >= 0.6 is 0 Å². The second kappa shape index (κ2) is 8.74. The number of sulfonamides is 1. The lowest BCUT2D eigenvalue weighted by Crippen LogP contribution is -2.33. The zero-order valence-corrected chi connectivity index (χ0v) is 16.6. The number of halogens is 3. The Morgan fingerprint density at radius 3 is 2.00 bits per heavy atom. The van der Waals surface area contributed by atoms with Gasteiger partial charge in [-0.1, -0.05) is 13.8 Å². The molecule has 0 atom stereocenters. The van der Waals surface area contributed by atoms with E-state index >= 15 is 0 Å². The minimum absolute atomic E-state index is 0.0845. The average molecular weight is 414 g/mol. The largest absolute Gasteiger partial charge is 0.309 e. The molecule has 2 aromatic rings. The summed E-state index contributed by atoms with van der Waals surface area (Å²) in [6.45, 7) is 5.26. The average Bonchev–Trinajstić information content (AvgIpc) is 2.66. The van der Waals surface area contributed by atoms with Gasteiger partial charge in [0.1, 0.15) is 10.7 Å². The Balaban J connectivity index is 2.49. The van der Waals surface area contributed by atoms with Crippen LogP contribution in [0.15, 0.2) is 41.3 Å². The first-order chi connectivity index (χ1) is 13.2. The molecule has 0 N–H and O–H groups in total. The highest BCUT2D eigenvalue weighted by atomic mass is 32.2. The lowest BCUT2D eigenvalue weighted by atomic mass is 10.1. The molecule has 0 spiro atoms. The number of hydrogen-bond acceptors (Lipinski definition) is 3. The van der Waals surface area contributed by atoms with Gasteiger partial charge in [-0.05, 0) is 37.3 Å². The maximum Gasteiger partial charge on any atom is 0.258 e. The lowest BCUT2D eigenvalue weighted by molar-refractivity contribution is 0.0988. The van der Waals surface area contributed by atoms with Crippen LogP contribution in [0.3, 0.4) is 0 Å². The molecule has 152 valence electrons. The van der Waals surface area contributed by atoms with E-state index in [4.69, 9.17) is 0 Å². The number of rotatable bonds is 7. The number of benzene rings is 2. The second-order valence-electron chi connectivity index (χ2n) is 5.88. The third-order valence-electron chi connectivity index (χ3n) is 4.28. The van der Waals surface area contributed by atoms with E-state index in [1.165, 1.54) is 6.07 Å². The molecule has 0 saturated carbocycles. The third kappa shape index (κ3) is 4.20. The summed E-state index contributed by atoms with van der Waals surface area (Å²) in [5.41, 5.74) is 0.0163. The van der Waals surface area contributed by atoms with Gasteiger partial charge in [0.25, 0.3) is 5.91 Å². The molecule has 0 fully saturated rings. The zero-order chi connectivity index (χ0) is 21.1. The van der Waals surface area contributed by atoms with Gasteiger partial charge >= 0.3 is 0 Å². The van der Waals surface area contributed by atoms with Crippen LogP contribution < -0.4 is 4.90 Å². The molecule has 2 aromatic carbocycles. The highest BCUT2D eigenvalue weighted by Gasteiger charge is 2.27. The van der Waals surface area contributed by atoms with Crippen LogP contribution in [0.1, 0.15) is 31.1 Å². The van der Waals surface area contributed by atoms with Crippen molar-refractivity contribution in [2.24, 2.45) is 0 Å². The number of hydrogen-bond donors (Lipinski definition) is 0. The van der Waals surface area contributed by atoms with Crippen molar-refractivity contribution in [3.05, 3.63) is 59.4 Å². The normalized spacial score (nSPS) is 11.7. The number of carbonyl (C=O) groups excluding carboxylic acids is 1. The van der Waals surface area contributed by atoms with Crippen LogP contribution in [0.4, 0.5) is 18.9 Å². The zero-order valence-electron chi connectivity index (χ0n) is 15.7. The van der Waals surface area contributed by atoms with E-state index in [1.54, 1.807) is 20.8 Å². The van der Waals surface area contributed by atoms with Gasteiger partial charge in [0.2, 0.25) is 10.0 Å². The molecular weight excluding hydrogens is 393 g/mol. The molecule has 0 bridgehead atoms. The Morgan fingerprint density at radius 1 is 0.857 bits per heavy atom. The van der Waals surface area contributed by atoms with Crippen LogP contribution in [0.25, 0.3) is 0 Å². The van der Waals surface area contributed by atoms with Crippen LogP contribution in [0, 0.1) is 17.5 Å². The first-order valence-electron chi connectivity index (χ1n) is 8.73. The van der Waals surface area contributed by atoms with Crippen LogP contribution in [0.5, 0.6) is 0 Å². The van der Waals surface area contributed by atoms with Crippen molar-refractivity contribution in [1.29, 1.82) is 0 Å². The third-order valence-corrected chi connectivity index (χ3v) is 6.34. The van der Waals surface area contributed by atoms with Crippen LogP contribution in [0.2, 0.25) is 0 Å². The standard InChI is InChI=1S/C19H21F3N2O3S/c1-4-23(5-2)28(26,27)18-11-13(7-9-16(18)21)19(25)24(6-3)14-8-10-15(20)17(22)12-14/h7-12H,4-6H2,1-3H3. The van der Waals surface area contributed by atoms with Gasteiger partial charge < -0.3 is 4.90 Å². The predicted molar refractivity (Wildman–Crippen MR) is 100 cm³/mol. The van der Waals surface area contributed by atoms with Crippen molar-refractivity contribution >= 4 is 21.6 Å². The fraction of sp³-hybridized carbons (Fsp3) is 0.316. The fourth-order valence-corrected chi connectivity index (χ4v) is 4.34. The molecule has 2 rings (SSSR count). The lowest BCUT2D eigenvalue weighted by Gasteiger charge is -2.22. The van der Waals surface area contributed by atoms with Gasteiger partial charge in [0.15, 0.2) is 11.6 Å². The molecule has 9 heteroatoms. The summed E-state index contributed by atoms with van der Waals surface area (Å²) in [5.74, 6) is -3.81. The Morgan fingerprint density at radius 2 is 1.46 bits per heavy atom. The summed E-state index contributed by atoms with van der Waals surface area (Å²) >= 11 is 0. The van der Waals surface area contributed by atoms with Gasteiger partial charge in [-0.15, -0.1) is 0 Å². The van der Waals surface area contributed by atoms with Crippen molar-refractivity contribution in [1.82, 2.24) is 4.31 Å². The Hall–Kier alpha value is -2.39. The van der Waals surface area contributed by atoms with Crippen molar-refractivity contribution in [2.45, 2.75) is 25.7 Å². The number of amides is 1. The molecule has 0 aliphatic carbocycles. The van der Waals surface area contributed by atoms with E-state index in [-0.39, 0.29) is 30.9 Å². The molecule has 0 heterocycles. The molecule has 0 radical (unpaired) electrons. The topological polar surface area (TPSA) is 57.7 Å². The Kier molecular flexibility index (Phi) is 6.84. The maximum atomic E-state index is 14.2. The number of anilines is 1. The molecule has 0 aliphatic heterocycles. The van der Waals surface area contributed by atoms with Crippen LogP contribution in [-0.4, -0.2) is 38.3 Å². The van der Waals surface area contributed by atoms with E-state index in [2.05, 4.69) is 0 Å². The van der Waals surface area contributed by atoms with Crippen molar-refractivity contribution < 1.29 is 26.4 Å². The summed E-state index contributed by atoms with van der Waals surface area (Å²) in [4.78, 5) is 13.4. The quantitative estimate of drug-likeness (QED) is 0.693. The first kappa shape index (κ1) is 21.9. The van der Waals surface area contributed by atoms with Crippen molar-refractivity contribution in [3.63, 3.8) is 0 Å².